The van der Waals surface area contributed by atoms with Crippen molar-refractivity contribution in [3.05, 3.63) is 77.6 Å². The third-order valence-corrected chi connectivity index (χ3v) is 4.69. The van der Waals surface area contributed by atoms with Gasteiger partial charge in [-0.1, -0.05) is 36.4 Å². The standard InChI is InChI=1S/C18H17N3O2S/c22-15(19-10-9-14-7-3-1-4-8-14)13-16-20-17(23)18(24-16)21-11-5-2-6-12-21/h1-8,11-13,18H,9-10H2,(H-,19,20,22,23)/p+1. The van der Waals surface area contributed by atoms with Crippen molar-refractivity contribution in [2.75, 3.05) is 6.54 Å². The first-order chi connectivity index (χ1) is 11.7. The van der Waals surface area contributed by atoms with Gasteiger partial charge < -0.3 is 10.6 Å². The molecule has 6 heteroatoms. The van der Waals surface area contributed by atoms with E-state index < -0.39 is 0 Å². The molecule has 122 valence electrons. The largest absolute Gasteiger partial charge is 0.352 e. The predicted molar refractivity (Wildman–Crippen MR) is 92.6 cm³/mol. The Morgan fingerprint density at radius 3 is 2.62 bits per heavy atom. The second-order valence-electron chi connectivity index (χ2n) is 5.32. The quantitative estimate of drug-likeness (QED) is 0.641. The van der Waals surface area contributed by atoms with E-state index in [4.69, 9.17) is 0 Å². The molecule has 2 amide bonds. The van der Waals surface area contributed by atoms with Gasteiger partial charge in [0.25, 0.3) is 5.37 Å². The molecule has 1 atom stereocenters. The molecule has 1 aliphatic rings. The van der Waals surface area contributed by atoms with Crippen LogP contribution in [0.4, 0.5) is 0 Å². The fourth-order valence-electron chi connectivity index (χ4n) is 2.37. The summed E-state index contributed by atoms with van der Waals surface area (Å²) in [6.45, 7) is 0.558. The van der Waals surface area contributed by atoms with Crippen molar-refractivity contribution in [2.24, 2.45) is 0 Å². The normalized spacial score (nSPS) is 18.4. The molecule has 0 saturated carbocycles. The summed E-state index contributed by atoms with van der Waals surface area (Å²) in [4.78, 5) is 24.0. The molecule has 2 N–H and O–H groups in total. The second-order valence-corrected chi connectivity index (χ2v) is 6.44. The van der Waals surface area contributed by atoms with E-state index >= 15 is 0 Å². The van der Waals surface area contributed by atoms with Gasteiger partial charge in [-0.05, 0) is 23.7 Å². The number of hydrogen-bond donors (Lipinski definition) is 2. The first-order valence-corrected chi connectivity index (χ1v) is 8.57. The number of amides is 2. The molecule has 1 saturated heterocycles. The number of nitrogens with zero attached hydrogens (tertiary/aromatic N) is 1. The van der Waals surface area contributed by atoms with Crippen LogP contribution in [-0.4, -0.2) is 18.4 Å². The number of thioether (sulfide) groups is 1. The van der Waals surface area contributed by atoms with Crippen LogP contribution in [0.25, 0.3) is 0 Å². The van der Waals surface area contributed by atoms with Crippen LogP contribution in [0.15, 0.2) is 72.0 Å². The van der Waals surface area contributed by atoms with Gasteiger partial charge in [-0.25, -0.2) is 0 Å². The molecule has 3 rings (SSSR count). The molecule has 0 radical (unpaired) electrons. The van der Waals surface area contributed by atoms with Gasteiger partial charge in [0, 0.05) is 24.8 Å². The molecule has 1 aliphatic heterocycles. The zero-order valence-electron chi connectivity index (χ0n) is 13.0. The van der Waals surface area contributed by atoms with Crippen LogP contribution < -0.4 is 15.2 Å². The lowest BCUT2D eigenvalue weighted by Gasteiger charge is -2.03. The van der Waals surface area contributed by atoms with Gasteiger partial charge in [0.05, 0.1) is 5.03 Å². The summed E-state index contributed by atoms with van der Waals surface area (Å²) >= 11 is 1.33. The monoisotopic (exact) mass is 340 g/mol. The maximum absolute atomic E-state index is 12.0. The number of benzene rings is 1. The van der Waals surface area contributed by atoms with Crippen LogP contribution >= 0.6 is 11.8 Å². The minimum Gasteiger partial charge on any atom is -0.352 e. The first-order valence-electron chi connectivity index (χ1n) is 7.69. The maximum atomic E-state index is 12.0. The fourth-order valence-corrected chi connectivity index (χ4v) is 3.37. The molecule has 24 heavy (non-hydrogen) atoms. The van der Waals surface area contributed by atoms with E-state index in [1.165, 1.54) is 23.4 Å². The van der Waals surface area contributed by atoms with E-state index in [9.17, 15) is 9.59 Å². The zero-order chi connectivity index (χ0) is 16.8. The average molecular weight is 340 g/mol. The summed E-state index contributed by atoms with van der Waals surface area (Å²) in [5.74, 6) is -0.327. The summed E-state index contributed by atoms with van der Waals surface area (Å²) in [7, 11) is 0. The van der Waals surface area contributed by atoms with Gasteiger partial charge in [0.2, 0.25) is 5.91 Å². The highest BCUT2D eigenvalue weighted by Gasteiger charge is 2.36. The molecule has 1 aromatic carbocycles. The number of aromatic nitrogens is 1. The van der Waals surface area contributed by atoms with E-state index in [0.717, 1.165) is 6.42 Å². The van der Waals surface area contributed by atoms with Crippen LogP contribution in [0.1, 0.15) is 10.9 Å². The second kappa shape index (κ2) is 7.79. The predicted octanol–water partition coefficient (Wildman–Crippen LogP) is 1.54. The highest BCUT2D eigenvalue weighted by Crippen LogP contribution is 2.30. The van der Waals surface area contributed by atoms with Crippen molar-refractivity contribution < 1.29 is 14.2 Å². The summed E-state index contributed by atoms with van der Waals surface area (Å²) in [5, 5.41) is 5.77. The smallest absolute Gasteiger partial charge is 0.305 e. The van der Waals surface area contributed by atoms with Gasteiger partial charge >= 0.3 is 5.91 Å². The van der Waals surface area contributed by atoms with E-state index in [2.05, 4.69) is 10.6 Å². The van der Waals surface area contributed by atoms with Crippen molar-refractivity contribution in [1.82, 2.24) is 10.6 Å². The summed E-state index contributed by atoms with van der Waals surface area (Å²) in [6.07, 6.45) is 5.88. The van der Waals surface area contributed by atoms with E-state index in [-0.39, 0.29) is 17.2 Å². The lowest BCUT2D eigenvalue weighted by atomic mass is 10.1. The molecule has 2 heterocycles. The van der Waals surface area contributed by atoms with E-state index in [1.807, 2.05) is 65.5 Å². The minimum atomic E-state index is -0.380. The third kappa shape index (κ3) is 4.23. The van der Waals surface area contributed by atoms with Crippen molar-refractivity contribution in [1.29, 1.82) is 0 Å². The SMILES string of the molecule is O=C(/C=C1/NC(=O)C([n+]2ccccc2)S1)NCCc1ccccc1. The molecule has 5 nitrogen and oxygen atoms in total. The van der Waals surface area contributed by atoms with Crippen molar-refractivity contribution >= 4 is 23.6 Å². The van der Waals surface area contributed by atoms with Crippen LogP contribution in [0.3, 0.4) is 0 Å². The Bertz CT molecular complexity index is 747. The Balaban J connectivity index is 1.53. The lowest BCUT2D eigenvalue weighted by Crippen LogP contribution is -2.41. The Labute approximate surface area is 144 Å². The van der Waals surface area contributed by atoms with Crippen LogP contribution in [-0.2, 0) is 16.0 Å². The molecule has 0 spiro atoms. The number of rotatable bonds is 5. The van der Waals surface area contributed by atoms with E-state index in [1.54, 1.807) is 0 Å². The average Bonchev–Trinajstić information content (AvgIpc) is 2.97. The van der Waals surface area contributed by atoms with Crippen molar-refractivity contribution in [3.63, 3.8) is 0 Å². The van der Waals surface area contributed by atoms with Gasteiger partial charge in [-0.15, -0.1) is 0 Å². The third-order valence-electron chi connectivity index (χ3n) is 3.54. The van der Waals surface area contributed by atoms with Crippen molar-refractivity contribution in [3.8, 4) is 0 Å². The summed E-state index contributed by atoms with van der Waals surface area (Å²) in [6, 6.07) is 15.6. The molecular weight excluding hydrogens is 322 g/mol. The Kier molecular flexibility index (Phi) is 5.28. The number of hydrogen-bond acceptors (Lipinski definition) is 3. The first kappa shape index (κ1) is 16.3. The zero-order valence-corrected chi connectivity index (χ0v) is 13.8. The van der Waals surface area contributed by atoms with Gasteiger partial charge in [-0.3, -0.25) is 9.59 Å². The fraction of sp³-hybridized carbons (Fsp3) is 0.167. The van der Waals surface area contributed by atoms with Crippen LogP contribution in [0.2, 0.25) is 0 Å². The Morgan fingerprint density at radius 1 is 1.17 bits per heavy atom. The Hall–Kier alpha value is -2.60. The Morgan fingerprint density at radius 2 is 1.88 bits per heavy atom. The molecule has 0 aliphatic carbocycles. The summed E-state index contributed by atoms with van der Waals surface area (Å²) in [5.41, 5.74) is 1.18. The maximum Gasteiger partial charge on any atom is 0.305 e. The number of nitrogens with one attached hydrogen (secondary N) is 2. The lowest BCUT2D eigenvalue weighted by molar-refractivity contribution is -0.686. The number of pyridine rings is 1. The summed E-state index contributed by atoms with van der Waals surface area (Å²) < 4.78 is 1.81. The molecule has 1 fully saturated rings. The van der Waals surface area contributed by atoms with Crippen LogP contribution in [0.5, 0.6) is 0 Å². The van der Waals surface area contributed by atoms with Crippen molar-refractivity contribution in [2.45, 2.75) is 11.8 Å². The van der Waals surface area contributed by atoms with Gasteiger partial charge in [-0.2, -0.15) is 4.57 Å². The van der Waals surface area contributed by atoms with Crippen LogP contribution in [0, 0.1) is 0 Å². The molecule has 1 unspecified atom stereocenters. The molecule has 0 bridgehead atoms. The number of carbonyl (C=O) groups excluding carboxylic acids is 2. The van der Waals surface area contributed by atoms with E-state index in [0.29, 0.717) is 11.6 Å². The molecule has 1 aromatic heterocycles. The highest BCUT2D eigenvalue weighted by molar-refractivity contribution is 8.04. The molecular formula is C18H18N3O2S+. The van der Waals surface area contributed by atoms with Gasteiger partial charge in [0.15, 0.2) is 12.4 Å². The number of carbonyl (C=O) groups is 2. The minimum absolute atomic E-state index is 0.125. The topological polar surface area (TPSA) is 62.1 Å². The van der Waals surface area contributed by atoms with Gasteiger partial charge in [0.1, 0.15) is 0 Å². The molecule has 2 aromatic rings. The highest BCUT2D eigenvalue weighted by atomic mass is 32.2.